The molecule has 11 heteroatoms. The molecule has 178 valence electrons. The predicted molar refractivity (Wildman–Crippen MR) is 120 cm³/mol. The van der Waals surface area contributed by atoms with Gasteiger partial charge in [0.05, 0.1) is 6.04 Å². The van der Waals surface area contributed by atoms with Gasteiger partial charge in [0.1, 0.15) is 18.1 Å². The summed E-state index contributed by atoms with van der Waals surface area (Å²) in [7, 11) is 0. The normalized spacial score (nSPS) is 19.9. The summed E-state index contributed by atoms with van der Waals surface area (Å²) in [6.07, 6.45) is 3.54. The standard InChI is InChI=1S/C20H37N5O5S/c1-3-12(2)16(20(29)30)24-18(27)15-8-6-10-25(15)19(28)14(11-31)23-17(26)13(22)7-4-5-9-21/h12-16,31H,3-11,21-22H2,1-2H3,(H,23,26)(H,24,27)(H,29,30). The third-order valence-electron chi connectivity index (χ3n) is 5.72. The van der Waals surface area contributed by atoms with Crippen LogP contribution in [0.3, 0.4) is 0 Å². The van der Waals surface area contributed by atoms with Crippen molar-refractivity contribution in [3.63, 3.8) is 0 Å². The first-order valence-electron chi connectivity index (χ1n) is 10.9. The summed E-state index contributed by atoms with van der Waals surface area (Å²) in [5.41, 5.74) is 11.3. The van der Waals surface area contributed by atoms with Crippen molar-refractivity contribution in [3.8, 4) is 0 Å². The summed E-state index contributed by atoms with van der Waals surface area (Å²) in [6, 6.07) is -3.49. The van der Waals surface area contributed by atoms with Gasteiger partial charge in [-0.3, -0.25) is 14.4 Å². The van der Waals surface area contributed by atoms with Gasteiger partial charge < -0.3 is 32.1 Å². The zero-order valence-corrected chi connectivity index (χ0v) is 19.3. The van der Waals surface area contributed by atoms with Gasteiger partial charge in [-0.1, -0.05) is 26.7 Å². The first-order chi connectivity index (χ1) is 14.7. The number of hydrogen-bond acceptors (Lipinski definition) is 7. The Bertz CT molecular complexity index is 635. The van der Waals surface area contributed by atoms with Crippen molar-refractivity contribution in [2.75, 3.05) is 18.8 Å². The number of nitrogens with two attached hydrogens (primary N) is 2. The quantitative estimate of drug-likeness (QED) is 0.159. The van der Waals surface area contributed by atoms with E-state index in [2.05, 4.69) is 23.3 Å². The molecule has 0 aromatic heterocycles. The number of carboxylic acids is 1. The van der Waals surface area contributed by atoms with Crippen molar-refractivity contribution in [2.45, 2.75) is 76.5 Å². The van der Waals surface area contributed by atoms with Crippen LogP contribution in [-0.2, 0) is 19.2 Å². The van der Waals surface area contributed by atoms with Gasteiger partial charge in [0.25, 0.3) is 0 Å². The molecule has 0 saturated carbocycles. The number of nitrogens with zero attached hydrogens (tertiary/aromatic N) is 1. The van der Waals surface area contributed by atoms with Crippen LogP contribution in [0.1, 0.15) is 52.4 Å². The molecule has 5 unspecified atom stereocenters. The maximum atomic E-state index is 13.0. The molecule has 1 fully saturated rings. The molecule has 1 heterocycles. The molecule has 0 bridgehead atoms. The lowest BCUT2D eigenvalue weighted by Gasteiger charge is -2.30. The van der Waals surface area contributed by atoms with Gasteiger partial charge in [0, 0.05) is 12.3 Å². The Morgan fingerprint density at radius 3 is 2.45 bits per heavy atom. The molecule has 0 aliphatic carbocycles. The number of carboxylic acid groups (broad SMARTS) is 1. The van der Waals surface area contributed by atoms with Gasteiger partial charge in [-0.2, -0.15) is 12.6 Å². The second kappa shape index (κ2) is 13.5. The Balaban J connectivity index is 2.79. The van der Waals surface area contributed by atoms with E-state index < -0.39 is 47.9 Å². The molecule has 0 aromatic rings. The van der Waals surface area contributed by atoms with Crippen molar-refractivity contribution in [1.29, 1.82) is 0 Å². The summed E-state index contributed by atoms with van der Waals surface area (Å²) in [5, 5.41) is 14.6. The van der Waals surface area contributed by atoms with Crippen molar-refractivity contribution >= 4 is 36.3 Å². The van der Waals surface area contributed by atoms with Gasteiger partial charge in [-0.25, -0.2) is 4.79 Å². The Kier molecular flexibility index (Phi) is 11.9. The van der Waals surface area contributed by atoms with Crippen LogP contribution >= 0.6 is 12.6 Å². The summed E-state index contributed by atoms with van der Waals surface area (Å²) in [5.74, 6) is -2.69. The molecule has 10 nitrogen and oxygen atoms in total. The molecule has 3 amide bonds. The van der Waals surface area contributed by atoms with E-state index in [-0.39, 0.29) is 11.7 Å². The van der Waals surface area contributed by atoms with Crippen LogP contribution in [0.5, 0.6) is 0 Å². The second-order valence-electron chi connectivity index (χ2n) is 8.03. The van der Waals surface area contributed by atoms with Crippen LogP contribution in [0.4, 0.5) is 0 Å². The topological polar surface area (TPSA) is 168 Å². The summed E-state index contributed by atoms with van der Waals surface area (Å²) in [6.45, 7) is 4.46. The molecule has 0 aromatic carbocycles. The zero-order valence-electron chi connectivity index (χ0n) is 18.4. The van der Waals surface area contributed by atoms with Crippen molar-refractivity contribution in [3.05, 3.63) is 0 Å². The van der Waals surface area contributed by atoms with Gasteiger partial charge in [0.15, 0.2) is 0 Å². The lowest BCUT2D eigenvalue weighted by molar-refractivity contribution is -0.145. The van der Waals surface area contributed by atoms with E-state index in [0.717, 1.165) is 6.42 Å². The maximum Gasteiger partial charge on any atom is 0.326 e. The van der Waals surface area contributed by atoms with Crippen LogP contribution < -0.4 is 22.1 Å². The number of nitrogens with one attached hydrogen (secondary N) is 2. The van der Waals surface area contributed by atoms with Gasteiger partial charge >= 0.3 is 5.97 Å². The van der Waals surface area contributed by atoms with Crippen LogP contribution in [0.2, 0.25) is 0 Å². The first kappa shape index (κ1) is 27.2. The lowest BCUT2D eigenvalue weighted by Crippen LogP contribution is -2.57. The third kappa shape index (κ3) is 7.97. The highest BCUT2D eigenvalue weighted by Crippen LogP contribution is 2.20. The minimum atomic E-state index is -1.11. The fourth-order valence-electron chi connectivity index (χ4n) is 3.54. The molecular formula is C20H37N5O5S. The number of hydrogen-bond donors (Lipinski definition) is 6. The maximum absolute atomic E-state index is 13.0. The monoisotopic (exact) mass is 459 g/mol. The van der Waals surface area contributed by atoms with E-state index in [1.807, 2.05) is 6.92 Å². The number of aliphatic carboxylic acids is 1. The summed E-state index contributed by atoms with van der Waals surface area (Å²) < 4.78 is 0. The van der Waals surface area contributed by atoms with Crippen molar-refractivity contribution in [2.24, 2.45) is 17.4 Å². The van der Waals surface area contributed by atoms with Crippen molar-refractivity contribution < 1.29 is 24.3 Å². The summed E-state index contributed by atoms with van der Waals surface area (Å²) >= 11 is 4.18. The third-order valence-corrected chi connectivity index (χ3v) is 6.08. The first-order valence-corrected chi connectivity index (χ1v) is 11.5. The molecule has 0 radical (unpaired) electrons. The van der Waals surface area contributed by atoms with Gasteiger partial charge in [-0.05, 0) is 38.1 Å². The molecular weight excluding hydrogens is 422 g/mol. The molecule has 7 N–H and O–H groups in total. The Labute approximate surface area is 189 Å². The van der Waals surface area contributed by atoms with E-state index in [1.54, 1.807) is 6.92 Å². The van der Waals surface area contributed by atoms with E-state index in [1.165, 1.54) is 4.90 Å². The number of carbonyl (C=O) groups excluding carboxylic acids is 3. The van der Waals surface area contributed by atoms with Crippen molar-refractivity contribution in [1.82, 2.24) is 15.5 Å². The minimum Gasteiger partial charge on any atom is -0.480 e. The molecule has 1 rings (SSSR count). The summed E-state index contributed by atoms with van der Waals surface area (Å²) in [4.78, 5) is 51.1. The fraction of sp³-hybridized carbons (Fsp3) is 0.800. The van der Waals surface area contributed by atoms with Gasteiger partial charge in [0.2, 0.25) is 17.7 Å². The molecule has 1 saturated heterocycles. The minimum absolute atomic E-state index is 0.0511. The number of amides is 3. The average molecular weight is 460 g/mol. The Hall–Kier alpha value is -1.85. The van der Waals surface area contributed by atoms with Crippen LogP contribution in [0.25, 0.3) is 0 Å². The highest BCUT2D eigenvalue weighted by Gasteiger charge is 2.39. The predicted octanol–water partition coefficient (Wildman–Crippen LogP) is -0.536. The lowest BCUT2D eigenvalue weighted by atomic mass is 9.98. The number of unbranched alkanes of at least 4 members (excludes halogenated alkanes) is 1. The Morgan fingerprint density at radius 2 is 1.90 bits per heavy atom. The van der Waals surface area contributed by atoms with Gasteiger partial charge in [-0.15, -0.1) is 0 Å². The fourth-order valence-corrected chi connectivity index (χ4v) is 3.79. The SMILES string of the molecule is CCC(C)C(NC(=O)C1CCCN1C(=O)C(CS)NC(=O)C(N)CCCCN)C(=O)O. The number of likely N-dealkylation sites (tertiary alicyclic amines) is 1. The molecule has 1 aliphatic heterocycles. The zero-order chi connectivity index (χ0) is 23.6. The van der Waals surface area contributed by atoms with E-state index in [4.69, 9.17) is 11.5 Å². The van der Waals surface area contributed by atoms with E-state index >= 15 is 0 Å². The van der Waals surface area contributed by atoms with Crippen LogP contribution in [-0.4, -0.2) is 76.7 Å². The number of carbonyl (C=O) groups is 4. The van der Waals surface area contributed by atoms with Crippen LogP contribution in [0.15, 0.2) is 0 Å². The molecule has 31 heavy (non-hydrogen) atoms. The smallest absolute Gasteiger partial charge is 0.326 e. The Morgan fingerprint density at radius 1 is 1.23 bits per heavy atom. The highest BCUT2D eigenvalue weighted by molar-refractivity contribution is 7.80. The number of thiol groups is 1. The average Bonchev–Trinajstić information content (AvgIpc) is 3.24. The van der Waals surface area contributed by atoms with E-state index in [9.17, 15) is 24.3 Å². The molecule has 0 spiro atoms. The highest BCUT2D eigenvalue weighted by atomic mass is 32.1. The van der Waals surface area contributed by atoms with Crippen LogP contribution in [0, 0.1) is 5.92 Å². The second-order valence-corrected chi connectivity index (χ2v) is 8.40. The largest absolute Gasteiger partial charge is 0.480 e. The van der Waals surface area contributed by atoms with E-state index in [0.29, 0.717) is 45.2 Å². The molecule has 1 aliphatic rings. The molecule has 5 atom stereocenters. The number of rotatable bonds is 13.